The molecule has 146 valence electrons. The zero-order valence-electron chi connectivity index (χ0n) is 16.9. The smallest absolute Gasteiger partial charge is 0.130 e. The number of aryl methyl sites for hydroxylation is 1. The summed E-state index contributed by atoms with van der Waals surface area (Å²) in [6.07, 6.45) is 3.90. The van der Waals surface area contributed by atoms with Crippen molar-refractivity contribution in [3.05, 3.63) is 78.8 Å². The van der Waals surface area contributed by atoms with Crippen molar-refractivity contribution in [1.29, 1.82) is 0 Å². The van der Waals surface area contributed by atoms with Crippen LogP contribution in [0.5, 0.6) is 0 Å². The van der Waals surface area contributed by atoms with Crippen LogP contribution in [0.2, 0.25) is 0 Å². The van der Waals surface area contributed by atoms with Crippen LogP contribution >= 0.6 is 0 Å². The molecule has 0 fully saturated rings. The Hall–Kier alpha value is -3.73. The summed E-state index contributed by atoms with van der Waals surface area (Å²) in [5.74, 6) is 0.823. The third-order valence-corrected chi connectivity index (χ3v) is 4.75. The van der Waals surface area contributed by atoms with E-state index in [1.165, 1.54) is 10.8 Å². The molecule has 5 heteroatoms. The Balaban J connectivity index is 0.000000994. The van der Waals surface area contributed by atoms with Crippen molar-refractivity contribution in [1.82, 2.24) is 15.0 Å². The number of nitrogens with zero attached hydrogens (tertiary/aromatic N) is 1. The van der Waals surface area contributed by atoms with Gasteiger partial charge >= 0.3 is 0 Å². The number of pyridine rings is 1. The number of hydrogen-bond acceptors (Lipinski definition) is 3. The Bertz CT molecular complexity index is 1250. The van der Waals surface area contributed by atoms with E-state index < -0.39 is 0 Å². The summed E-state index contributed by atoms with van der Waals surface area (Å²) >= 11 is 0. The Morgan fingerprint density at radius 1 is 0.690 bits per heavy atom. The highest BCUT2D eigenvalue weighted by molar-refractivity contribution is 5.85. The zero-order chi connectivity index (χ0) is 20.2. The van der Waals surface area contributed by atoms with Crippen LogP contribution in [0.4, 0.5) is 22.9 Å². The van der Waals surface area contributed by atoms with Gasteiger partial charge in [0.2, 0.25) is 0 Å². The highest BCUT2D eigenvalue weighted by Crippen LogP contribution is 2.26. The van der Waals surface area contributed by atoms with E-state index in [0.717, 1.165) is 39.6 Å². The molecule has 0 amide bonds. The van der Waals surface area contributed by atoms with Gasteiger partial charge in [-0.3, -0.25) is 0 Å². The van der Waals surface area contributed by atoms with Gasteiger partial charge in [0, 0.05) is 34.8 Å². The van der Waals surface area contributed by atoms with Crippen molar-refractivity contribution in [3.63, 3.8) is 0 Å². The molecule has 0 spiro atoms. The van der Waals surface area contributed by atoms with Crippen molar-refractivity contribution in [2.75, 3.05) is 10.6 Å². The van der Waals surface area contributed by atoms with Crippen molar-refractivity contribution < 1.29 is 0 Å². The maximum absolute atomic E-state index is 4.69. The van der Waals surface area contributed by atoms with Crippen molar-refractivity contribution in [2.45, 2.75) is 20.8 Å². The Labute approximate surface area is 170 Å². The normalized spacial score (nSPS) is 10.6. The maximum atomic E-state index is 4.69. The monoisotopic (exact) mass is 383 g/mol. The SMILES string of the molecule is CC.Cc1nc(Nc2ccc3cc[nH]c3c2)ccc1Nc1ccc2cc[nH]c2c1. The van der Waals surface area contributed by atoms with E-state index in [1.54, 1.807) is 0 Å². The van der Waals surface area contributed by atoms with Crippen LogP contribution < -0.4 is 10.6 Å². The van der Waals surface area contributed by atoms with E-state index in [9.17, 15) is 0 Å². The van der Waals surface area contributed by atoms with Gasteiger partial charge in [-0.1, -0.05) is 26.0 Å². The minimum absolute atomic E-state index is 0.823. The highest BCUT2D eigenvalue weighted by Gasteiger charge is 2.05. The average molecular weight is 383 g/mol. The lowest BCUT2D eigenvalue weighted by Crippen LogP contribution is -1.99. The fourth-order valence-electron chi connectivity index (χ4n) is 3.32. The molecule has 0 bridgehead atoms. The predicted molar refractivity (Wildman–Crippen MR) is 123 cm³/mol. The number of fused-ring (bicyclic) bond motifs is 2. The molecular formula is C24H25N5. The number of nitrogens with one attached hydrogen (secondary N) is 4. The van der Waals surface area contributed by atoms with E-state index in [-0.39, 0.29) is 0 Å². The number of aromatic amines is 2. The molecule has 0 aliphatic carbocycles. The predicted octanol–water partition coefficient (Wildman–Crippen LogP) is 6.87. The zero-order valence-corrected chi connectivity index (χ0v) is 16.9. The van der Waals surface area contributed by atoms with Crippen molar-refractivity contribution >= 4 is 44.7 Å². The van der Waals surface area contributed by atoms with Gasteiger partial charge in [-0.2, -0.15) is 0 Å². The molecule has 0 unspecified atom stereocenters. The van der Waals surface area contributed by atoms with Gasteiger partial charge in [-0.15, -0.1) is 0 Å². The first-order valence-corrected chi connectivity index (χ1v) is 9.91. The first-order valence-electron chi connectivity index (χ1n) is 9.91. The number of H-pyrrole nitrogens is 2. The van der Waals surface area contributed by atoms with Gasteiger partial charge in [-0.05, 0) is 66.2 Å². The number of benzene rings is 2. The Kier molecular flexibility index (Phi) is 5.20. The molecule has 29 heavy (non-hydrogen) atoms. The summed E-state index contributed by atoms with van der Waals surface area (Å²) in [6, 6.07) is 20.7. The van der Waals surface area contributed by atoms with Crippen LogP contribution in [0.15, 0.2) is 73.1 Å². The highest BCUT2D eigenvalue weighted by atomic mass is 15.0. The third kappa shape index (κ3) is 3.94. The van der Waals surface area contributed by atoms with Gasteiger partial charge in [0.1, 0.15) is 5.82 Å². The quantitative estimate of drug-likeness (QED) is 0.274. The molecule has 5 rings (SSSR count). The van der Waals surface area contributed by atoms with Crippen LogP contribution in [0.25, 0.3) is 21.8 Å². The molecule has 0 atom stereocenters. The Morgan fingerprint density at radius 2 is 1.28 bits per heavy atom. The first-order chi connectivity index (χ1) is 14.2. The minimum Gasteiger partial charge on any atom is -0.361 e. The molecule has 3 heterocycles. The summed E-state index contributed by atoms with van der Waals surface area (Å²) in [5, 5.41) is 9.23. The van der Waals surface area contributed by atoms with Gasteiger partial charge in [0.25, 0.3) is 0 Å². The van der Waals surface area contributed by atoms with E-state index in [1.807, 2.05) is 39.2 Å². The lowest BCUT2D eigenvalue weighted by Gasteiger charge is -2.12. The molecule has 3 aromatic heterocycles. The Morgan fingerprint density at radius 3 is 1.86 bits per heavy atom. The largest absolute Gasteiger partial charge is 0.361 e. The van der Waals surface area contributed by atoms with Crippen LogP contribution in [-0.2, 0) is 0 Å². The van der Waals surface area contributed by atoms with Gasteiger partial charge < -0.3 is 20.6 Å². The lowest BCUT2D eigenvalue weighted by atomic mass is 10.2. The number of rotatable bonds is 4. The first kappa shape index (κ1) is 18.6. The summed E-state index contributed by atoms with van der Waals surface area (Å²) in [5.41, 5.74) is 6.19. The second-order valence-corrected chi connectivity index (χ2v) is 6.64. The van der Waals surface area contributed by atoms with E-state index >= 15 is 0 Å². The number of anilines is 4. The van der Waals surface area contributed by atoms with Crippen LogP contribution in [0.3, 0.4) is 0 Å². The molecule has 5 nitrogen and oxygen atoms in total. The van der Waals surface area contributed by atoms with Crippen LogP contribution in [-0.4, -0.2) is 15.0 Å². The van der Waals surface area contributed by atoms with Crippen LogP contribution in [0, 0.1) is 6.92 Å². The summed E-state index contributed by atoms with van der Waals surface area (Å²) in [4.78, 5) is 11.2. The van der Waals surface area contributed by atoms with E-state index in [2.05, 4.69) is 75.2 Å². The molecule has 0 aliphatic rings. The maximum Gasteiger partial charge on any atom is 0.130 e. The summed E-state index contributed by atoms with van der Waals surface area (Å²) in [6.45, 7) is 6.01. The molecular weight excluding hydrogens is 358 g/mol. The third-order valence-electron chi connectivity index (χ3n) is 4.75. The van der Waals surface area contributed by atoms with Crippen LogP contribution in [0.1, 0.15) is 19.5 Å². The lowest BCUT2D eigenvalue weighted by molar-refractivity contribution is 1.20. The van der Waals surface area contributed by atoms with E-state index in [0.29, 0.717) is 0 Å². The van der Waals surface area contributed by atoms with E-state index in [4.69, 9.17) is 4.98 Å². The molecule has 0 aliphatic heterocycles. The summed E-state index contributed by atoms with van der Waals surface area (Å²) in [7, 11) is 0. The molecule has 5 aromatic rings. The second-order valence-electron chi connectivity index (χ2n) is 6.64. The molecule has 4 N–H and O–H groups in total. The molecule has 0 saturated heterocycles. The van der Waals surface area contributed by atoms with Gasteiger partial charge in [-0.25, -0.2) is 4.98 Å². The van der Waals surface area contributed by atoms with Gasteiger partial charge in [0.05, 0.1) is 11.4 Å². The standard InChI is InChI=1S/C22H19N5.C2H6/c1-14-19(26-17-4-2-15-8-10-23-20(15)12-17)6-7-22(25-14)27-18-5-3-16-9-11-24-21(16)13-18;1-2/h2-13,23-24,26H,1H3,(H,25,27);1-2H3. The van der Waals surface area contributed by atoms with Gasteiger partial charge in [0.15, 0.2) is 0 Å². The average Bonchev–Trinajstić information content (AvgIpc) is 3.40. The fraction of sp³-hybridized carbons (Fsp3) is 0.125. The van der Waals surface area contributed by atoms with Crippen molar-refractivity contribution in [2.24, 2.45) is 0 Å². The fourth-order valence-corrected chi connectivity index (χ4v) is 3.32. The number of hydrogen-bond donors (Lipinski definition) is 4. The minimum atomic E-state index is 0.823. The second kappa shape index (κ2) is 8.10. The molecule has 2 aromatic carbocycles. The summed E-state index contributed by atoms with van der Waals surface area (Å²) < 4.78 is 0. The van der Waals surface area contributed by atoms with Crippen molar-refractivity contribution in [3.8, 4) is 0 Å². The molecule has 0 radical (unpaired) electrons. The number of aromatic nitrogens is 3. The molecule has 0 saturated carbocycles. The topological polar surface area (TPSA) is 68.5 Å².